The normalized spacial score (nSPS) is 34.1. The number of ether oxygens (including phenoxy) is 2. The molecule has 0 aromatic carbocycles. The zero-order valence-electron chi connectivity index (χ0n) is 5.52. The van der Waals surface area contributed by atoms with Crippen molar-refractivity contribution in [2.24, 2.45) is 0 Å². The highest BCUT2D eigenvalue weighted by Gasteiger charge is 2.32. The molecule has 0 aromatic heterocycles. The minimum Gasteiger partial charge on any atom is -0.469 e. The van der Waals surface area contributed by atoms with Crippen LogP contribution in [0, 0.1) is 0 Å². The molecule has 0 radical (unpaired) electrons. The van der Waals surface area contributed by atoms with Crippen molar-refractivity contribution < 1.29 is 9.47 Å². The van der Waals surface area contributed by atoms with Crippen LogP contribution in [0.25, 0.3) is 0 Å². The molecule has 1 saturated heterocycles. The van der Waals surface area contributed by atoms with Gasteiger partial charge in [-0.15, -0.1) is 0 Å². The van der Waals surface area contributed by atoms with Crippen LogP contribution in [0.1, 0.15) is 6.92 Å². The molecule has 1 rings (SSSR count). The Kier molecular flexibility index (Phi) is 1.33. The first-order valence-electron chi connectivity index (χ1n) is 2.79. The molecule has 0 N–H and O–H groups in total. The molecule has 1 aliphatic heterocycles. The van der Waals surface area contributed by atoms with Crippen LogP contribution in [-0.4, -0.2) is 12.4 Å². The second-order valence-electron chi connectivity index (χ2n) is 2.14. The number of rotatable bonds is 1. The molecule has 0 spiro atoms. The predicted octanol–water partition coefficient (Wildman–Crippen LogP) is 1.45. The molecule has 1 heterocycles. The van der Waals surface area contributed by atoms with E-state index in [1.54, 1.807) is 6.08 Å². The van der Waals surface area contributed by atoms with Gasteiger partial charge in [-0.05, 0) is 6.92 Å². The third-order valence-electron chi connectivity index (χ3n) is 1.54. The second-order valence-corrected chi connectivity index (χ2v) is 2.14. The van der Waals surface area contributed by atoms with Gasteiger partial charge in [-0.25, -0.2) is 0 Å². The molecule has 0 bridgehead atoms. The van der Waals surface area contributed by atoms with Gasteiger partial charge < -0.3 is 9.47 Å². The average Bonchev–Trinajstić information content (AvgIpc) is 2.15. The lowest BCUT2D eigenvalue weighted by Gasteiger charge is -2.14. The fraction of sp³-hybridized carbons (Fsp3) is 0.429. The van der Waals surface area contributed by atoms with Gasteiger partial charge in [0.05, 0.1) is 0 Å². The van der Waals surface area contributed by atoms with Gasteiger partial charge in [0.2, 0.25) is 0 Å². The average molecular weight is 126 g/mol. The van der Waals surface area contributed by atoms with Crippen LogP contribution < -0.4 is 0 Å². The highest BCUT2D eigenvalue weighted by molar-refractivity contribution is 5.15. The Hall–Kier alpha value is -0.760. The summed E-state index contributed by atoms with van der Waals surface area (Å²) in [5, 5.41) is 0. The summed E-state index contributed by atoms with van der Waals surface area (Å²) in [6.07, 6.45) is 1.68. The van der Waals surface area contributed by atoms with E-state index in [0.717, 1.165) is 0 Å². The van der Waals surface area contributed by atoms with Crippen LogP contribution in [0.15, 0.2) is 25.0 Å². The van der Waals surface area contributed by atoms with Crippen LogP contribution in [0.3, 0.4) is 0 Å². The number of hydrogen-bond donors (Lipinski definition) is 0. The van der Waals surface area contributed by atoms with Gasteiger partial charge >= 0.3 is 0 Å². The van der Waals surface area contributed by atoms with Gasteiger partial charge in [0, 0.05) is 0 Å². The van der Waals surface area contributed by atoms with Crippen LogP contribution in [0.2, 0.25) is 0 Å². The molecule has 1 fully saturated rings. The van der Waals surface area contributed by atoms with E-state index in [-0.39, 0.29) is 0 Å². The molecule has 0 amide bonds. The minimum atomic E-state index is -0.458. The van der Waals surface area contributed by atoms with E-state index in [1.165, 1.54) is 0 Å². The molecule has 1 aliphatic rings. The predicted molar refractivity (Wildman–Crippen MR) is 34.8 cm³/mol. The summed E-state index contributed by atoms with van der Waals surface area (Å²) < 4.78 is 10.1. The van der Waals surface area contributed by atoms with Crippen LogP contribution in [-0.2, 0) is 9.47 Å². The molecule has 1 unspecified atom stereocenters. The lowest BCUT2D eigenvalue weighted by Crippen LogP contribution is -2.20. The number of hydrogen-bond acceptors (Lipinski definition) is 2. The van der Waals surface area contributed by atoms with E-state index in [4.69, 9.17) is 9.47 Å². The Morgan fingerprint density at radius 3 is 2.67 bits per heavy atom. The second kappa shape index (κ2) is 1.88. The topological polar surface area (TPSA) is 18.5 Å². The van der Waals surface area contributed by atoms with Crippen LogP contribution in [0.4, 0.5) is 0 Å². The van der Waals surface area contributed by atoms with Crippen molar-refractivity contribution in [1.29, 1.82) is 0 Å². The minimum absolute atomic E-state index is 0.293. The van der Waals surface area contributed by atoms with Crippen molar-refractivity contribution in [1.82, 2.24) is 0 Å². The Balaban J connectivity index is 2.78. The monoisotopic (exact) mass is 126 g/mol. The lowest BCUT2D eigenvalue weighted by molar-refractivity contribution is 0.0259. The van der Waals surface area contributed by atoms with Gasteiger partial charge in [-0.3, -0.25) is 0 Å². The third-order valence-corrected chi connectivity index (χ3v) is 1.54. The van der Waals surface area contributed by atoms with Crippen molar-refractivity contribution in [3.05, 3.63) is 25.0 Å². The highest BCUT2D eigenvalue weighted by Crippen LogP contribution is 2.27. The first kappa shape index (κ1) is 6.36. The zero-order valence-corrected chi connectivity index (χ0v) is 5.52. The molecular weight excluding hydrogens is 116 g/mol. The Labute approximate surface area is 54.8 Å². The maximum atomic E-state index is 5.16. The molecule has 1 atom stereocenters. The van der Waals surface area contributed by atoms with E-state index in [9.17, 15) is 0 Å². The SMILES string of the molecule is C=CC1(C)OCOC1=C. The smallest absolute Gasteiger partial charge is 0.190 e. The molecule has 2 nitrogen and oxygen atoms in total. The summed E-state index contributed by atoms with van der Waals surface area (Å²) in [5.41, 5.74) is -0.458. The quantitative estimate of drug-likeness (QED) is 0.495. The van der Waals surface area contributed by atoms with E-state index in [0.29, 0.717) is 12.6 Å². The van der Waals surface area contributed by atoms with Crippen molar-refractivity contribution in [2.45, 2.75) is 12.5 Å². The Morgan fingerprint density at radius 1 is 1.78 bits per heavy atom. The van der Waals surface area contributed by atoms with E-state index >= 15 is 0 Å². The first-order chi connectivity index (χ1) is 4.19. The van der Waals surface area contributed by atoms with Crippen molar-refractivity contribution >= 4 is 0 Å². The van der Waals surface area contributed by atoms with E-state index < -0.39 is 5.60 Å². The summed E-state index contributed by atoms with van der Waals surface area (Å²) in [6, 6.07) is 0. The lowest BCUT2D eigenvalue weighted by atomic mass is 10.1. The van der Waals surface area contributed by atoms with Crippen LogP contribution >= 0.6 is 0 Å². The highest BCUT2D eigenvalue weighted by atomic mass is 16.7. The zero-order chi connectivity index (χ0) is 6.91. The molecule has 9 heavy (non-hydrogen) atoms. The Morgan fingerprint density at radius 2 is 2.44 bits per heavy atom. The largest absolute Gasteiger partial charge is 0.469 e. The standard InChI is InChI=1S/C7H10O2/c1-4-7(3)6(2)8-5-9-7/h4H,1-2,5H2,3H3. The fourth-order valence-electron chi connectivity index (χ4n) is 0.620. The Bertz CT molecular complexity index is 151. The molecule has 0 saturated carbocycles. The summed E-state index contributed by atoms with van der Waals surface area (Å²) in [7, 11) is 0. The third kappa shape index (κ3) is 0.856. The fourth-order valence-corrected chi connectivity index (χ4v) is 0.620. The molecule has 0 aromatic rings. The molecule has 2 heteroatoms. The van der Waals surface area contributed by atoms with Gasteiger partial charge in [0.1, 0.15) is 11.4 Å². The van der Waals surface area contributed by atoms with Gasteiger partial charge in [0.15, 0.2) is 6.79 Å². The summed E-state index contributed by atoms with van der Waals surface area (Å²) >= 11 is 0. The van der Waals surface area contributed by atoms with E-state index in [1.807, 2.05) is 6.92 Å². The maximum Gasteiger partial charge on any atom is 0.190 e. The molecular formula is C7H10O2. The van der Waals surface area contributed by atoms with Gasteiger partial charge in [-0.2, -0.15) is 0 Å². The summed E-state index contributed by atoms with van der Waals surface area (Å²) in [6.45, 7) is 9.42. The van der Waals surface area contributed by atoms with Crippen LogP contribution in [0.5, 0.6) is 0 Å². The van der Waals surface area contributed by atoms with E-state index in [2.05, 4.69) is 13.2 Å². The van der Waals surface area contributed by atoms with Gasteiger partial charge in [-0.1, -0.05) is 19.2 Å². The first-order valence-corrected chi connectivity index (χ1v) is 2.79. The van der Waals surface area contributed by atoms with Crippen molar-refractivity contribution in [2.75, 3.05) is 6.79 Å². The molecule has 50 valence electrons. The van der Waals surface area contributed by atoms with Crippen molar-refractivity contribution in [3.8, 4) is 0 Å². The summed E-state index contributed by atoms with van der Waals surface area (Å²) in [5.74, 6) is 0.637. The van der Waals surface area contributed by atoms with Crippen molar-refractivity contribution in [3.63, 3.8) is 0 Å². The summed E-state index contributed by atoms with van der Waals surface area (Å²) in [4.78, 5) is 0. The maximum absolute atomic E-state index is 5.16. The van der Waals surface area contributed by atoms with Gasteiger partial charge in [0.25, 0.3) is 0 Å². The molecule has 0 aliphatic carbocycles.